The quantitative estimate of drug-likeness (QED) is 0.854. The molecule has 3 unspecified atom stereocenters. The molecular weight excluding hydrogens is 314 g/mol. The average Bonchev–Trinajstić information content (AvgIpc) is 2.52. The lowest BCUT2D eigenvalue weighted by Gasteiger charge is -2.38. The molecule has 6 heteroatoms. The molecule has 23 heavy (non-hydrogen) atoms. The number of nitrogens with two attached hydrogens (primary N) is 2. The van der Waals surface area contributed by atoms with E-state index in [0.717, 1.165) is 30.4 Å². The number of primary amides is 1. The lowest BCUT2D eigenvalue weighted by Crippen LogP contribution is -2.53. The van der Waals surface area contributed by atoms with Crippen LogP contribution in [0.25, 0.3) is 0 Å². The minimum atomic E-state index is -0.541. The van der Waals surface area contributed by atoms with Crippen molar-refractivity contribution < 1.29 is 9.59 Å². The van der Waals surface area contributed by atoms with Crippen LogP contribution in [0.2, 0.25) is 0 Å². The Bertz CT molecular complexity index is 593. The van der Waals surface area contributed by atoms with Crippen molar-refractivity contribution in [2.75, 3.05) is 0 Å². The van der Waals surface area contributed by atoms with Gasteiger partial charge in [0.05, 0.1) is 0 Å². The van der Waals surface area contributed by atoms with Crippen molar-refractivity contribution in [3.8, 4) is 0 Å². The Morgan fingerprint density at radius 1 is 1.13 bits per heavy atom. The SMILES string of the molecule is Cl.NC(=O)C1Cc2ccccc2CN1C(=O)C1CCCC(N)C1. The molecule has 1 aromatic carbocycles. The first kappa shape index (κ1) is 17.8. The number of amides is 2. The molecule has 2 aliphatic rings. The Morgan fingerprint density at radius 3 is 2.48 bits per heavy atom. The van der Waals surface area contributed by atoms with Gasteiger partial charge in [0.1, 0.15) is 6.04 Å². The van der Waals surface area contributed by atoms with Crippen LogP contribution in [0.5, 0.6) is 0 Å². The molecule has 1 fully saturated rings. The fraction of sp³-hybridized carbons (Fsp3) is 0.529. The second-order valence-corrected chi connectivity index (χ2v) is 6.48. The normalized spacial score (nSPS) is 26.8. The molecule has 0 radical (unpaired) electrons. The molecule has 1 aromatic rings. The van der Waals surface area contributed by atoms with Gasteiger partial charge in [-0.3, -0.25) is 9.59 Å². The summed E-state index contributed by atoms with van der Waals surface area (Å²) in [6.45, 7) is 0.467. The Morgan fingerprint density at radius 2 is 1.83 bits per heavy atom. The van der Waals surface area contributed by atoms with Gasteiger partial charge in [-0.2, -0.15) is 0 Å². The average molecular weight is 338 g/mol. The molecule has 1 aliphatic carbocycles. The predicted octanol–water partition coefficient (Wildman–Crippen LogP) is 1.36. The van der Waals surface area contributed by atoms with Crippen molar-refractivity contribution in [1.82, 2.24) is 4.90 Å². The number of hydrogen-bond acceptors (Lipinski definition) is 3. The number of nitrogens with zero attached hydrogens (tertiary/aromatic N) is 1. The van der Waals surface area contributed by atoms with Gasteiger partial charge in [-0.15, -0.1) is 12.4 Å². The summed E-state index contributed by atoms with van der Waals surface area (Å²) in [7, 11) is 0. The highest BCUT2D eigenvalue weighted by Crippen LogP contribution is 2.29. The van der Waals surface area contributed by atoms with Crippen molar-refractivity contribution in [2.24, 2.45) is 17.4 Å². The third-order valence-electron chi connectivity index (χ3n) is 4.92. The number of halogens is 1. The lowest BCUT2D eigenvalue weighted by molar-refractivity contribution is -0.145. The van der Waals surface area contributed by atoms with Crippen molar-refractivity contribution >= 4 is 24.2 Å². The summed E-state index contributed by atoms with van der Waals surface area (Å²) in [5.74, 6) is -0.465. The number of rotatable bonds is 2. The van der Waals surface area contributed by atoms with E-state index in [-0.39, 0.29) is 30.3 Å². The van der Waals surface area contributed by atoms with E-state index in [0.29, 0.717) is 19.4 Å². The van der Waals surface area contributed by atoms with Crippen LogP contribution in [0.4, 0.5) is 0 Å². The first-order valence-corrected chi connectivity index (χ1v) is 7.98. The van der Waals surface area contributed by atoms with E-state index >= 15 is 0 Å². The van der Waals surface area contributed by atoms with Gasteiger partial charge in [-0.25, -0.2) is 0 Å². The molecule has 1 saturated carbocycles. The Labute approximate surface area is 142 Å². The van der Waals surface area contributed by atoms with Crippen LogP contribution >= 0.6 is 12.4 Å². The second-order valence-electron chi connectivity index (χ2n) is 6.48. The summed E-state index contributed by atoms with van der Waals surface area (Å²) in [6, 6.07) is 7.48. The lowest BCUT2D eigenvalue weighted by atomic mass is 9.84. The molecule has 0 saturated heterocycles. The van der Waals surface area contributed by atoms with Gasteiger partial charge in [0.15, 0.2) is 0 Å². The van der Waals surface area contributed by atoms with Crippen LogP contribution in [0.3, 0.4) is 0 Å². The summed E-state index contributed by atoms with van der Waals surface area (Å²) >= 11 is 0. The number of fused-ring (bicyclic) bond motifs is 1. The Hall–Kier alpha value is -1.59. The predicted molar refractivity (Wildman–Crippen MR) is 90.9 cm³/mol. The minimum absolute atomic E-state index is 0. The third kappa shape index (κ3) is 3.67. The van der Waals surface area contributed by atoms with Crippen molar-refractivity contribution in [2.45, 2.75) is 50.7 Å². The zero-order chi connectivity index (χ0) is 15.7. The molecule has 2 amide bonds. The van der Waals surface area contributed by atoms with E-state index in [1.807, 2.05) is 24.3 Å². The number of carbonyl (C=O) groups is 2. The summed E-state index contributed by atoms with van der Waals surface area (Å²) < 4.78 is 0. The molecule has 1 aliphatic heterocycles. The van der Waals surface area contributed by atoms with Gasteiger partial charge in [0.2, 0.25) is 11.8 Å². The molecule has 0 aromatic heterocycles. The van der Waals surface area contributed by atoms with Crippen molar-refractivity contribution in [3.63, 3.8) is 0 Å². The van der Waals surface area contributed by atoms with E-state index in [1.54, 1.807) is 4.90 Å². The van der Waals surface area contributed by atoms with Gasteiger partial charge >= 0.3 is 0 Å². The molecule has 0 spiro atoms. The van der Waals surface area contributed by atoms with Gasteiger partial charge in [0.25, 0.3) is 0 Å². The third-order valence-corrected chi connectivity index (χ3v) is 4.92. The largest absolute Gasteiger partial charge is 0.368 e. The molecule has 0 bridgehead atoms. The van der Waals surface area contributed by atoms with Crippen molar-refractivity contribution in [1.29, 1.82) is 0 Å². The number of benzene rings is 1. The summed E-state index contributed by atoms with van der Waals surface area (Å²) in [4.78, 5) is 26.4. The van der Waals surface area contributed by atoms with E-state index in [9.17, 15) is 9.59 Å². The highest BCUT2D eigenvalue weighted by atomic mass is 35.5. The van der Waals surface area contributed by atoms with Crippen LogP contribution in [-0.4, -0.2) is 28.8 Å². The van der Waals surface area contributed by atoms with Gasteiger partial charge in [0, 0.05) is 24.9 Å². The summed E-state index contributed by atoms with van der Waals surface area (Å²) in [5.41, 5.74) is 13.8. The van der Waals surface area contributed by atoms with Gasteiger partial charge in [-0.1, -0.05) is 30.7 Å². The molecule has 3 atom stereocenters. The van der Waals surface area contributed by atoms with Crippen molar-refractivity contribution in [3.05, 3.63) is 35.4 Å². The van der Waals surface area contributed by atoms with E-state index in [2.05, 4.69) is 0 Å². The molecule has 1 heterocycles. The maximum Gasteiger partial charge on any atom is 0.240 e. The topological polar surface area (TPSA) is 89.4 Å². The molecule has 4 N–H and O–H groups in total. The zero-order valence-corrected chi connectivity index (χ0v) is 13.9. The molecule has 126 valence electrons. The van der Waals surface area contributed by atoms with Crippen LogP contribution in [0, 0.1) is 5.92 Å². The van der Waals surface area contributed by atoms with Gasteiger partial charge < -0.3 is 16.4 Å². The zero-order valence-electron chi connectivity index (χ0n) is 13.1. The molecule has 3 rings (SSSR count). The van der Waals surface area contributed by atoms with Gasteiger partial charge in [-0.05, 0) is 30.4 Å². The fourth-order valence-corrected chi connectivity index (χ4v) is 3.70. The summed E-state index contributed by atoms with van der Waals surface area (Å²) in [6.07, 6.45) is 4.03. The number of carbonyl (C=O) groups excluding carboxylic acids is 2. The van der Waals surface area contributed by atoms with Crippen LogP contribution < -0.4 is 11.5 Å². The Kier molecular flexibility index (Phi) is 5.65. The smallest absolute Gasteiger partial charge is 0.240 e. The highest BCUT2D eigenvalue weighted by molar-refractivity contribution is 5.88. The standard InChI is InChI=1S/C17H23N3O2.ClH/c18-14-7-3-6-12(8-14)17(22)20-10-13-5-2-1-4-11(13)9-15(20)16(19)21;/h1-2,4-5,12,14-15H,3,6-10,18H2,(H2,19,21);1H. The molecule has 5 nitrogen and oxygen atoms in total. The maximum absolute atomic E-state index is 12.9. The van der Waals surface area contributed by atoms with E-state index < -0.39 is 11.9 Å². The number of hydrogen-bond donors (Lipinski definition) is 2. The highest BCUT2D eigenvalue weighted by Gasteiger charge is 2.37. The monoisotopic (exact) mass is 337 g/mol. The van der Waals surface area contributed by atoms with E-state index in [4.69, 9.17) is 11.5 Å². The minimum Gasteiger partial charge on any atom is -0.368 e. The fourth-order valence-electron chi connectivity index (χ4n) is 3.70. The maximum atomic E-state index is 12.9. The first-order valence-electron chi connectivity index (χ1n) is 7.98. The Balaban J connectivity index is 0.00000192. The molecular formula is C17H24ClN3O2. The van der Waals surface area contributed by atoms with E-state index in [1.165, 1.54) is 0 Å². The van der Waals surface area contributed by atoms with Crippen LogP contribution in [-0.2, 0) is 22.6 Å². The van der Waals surface area contributed by atoms with Crippen LogP contribution in [0.1, 0.15) is 36.8 Å². The second kappa shape index (κ2) is 7.32. The summed E-state index contributed by atoms with van der Waals surface area (Å²) in [5, 5.41) is 0. The van der Waals surface area contributed by atoms with Crippen LogP contribution in [0.15, 0.2) is 24.3 Å². The first-order chi connectivity index (χ1) is 10.6.